The van der Waals surface area contributed by atoms with E-state index in [1.807, 2.05) is 6.08 Å². The van der Waals surface area contributed by atoms with Crippen LogP contribution in [0, 0.1) is 0 Å². The Morgan fingerprint density at radius 3 is 1.21 bits per heavy atom. The third kappa shape index (κ3) is 6.20. The third-order valence-electron chi connectivity index (χ3n) is 12.9. The summed E-state index contributed by atoms with van der Waals surface area (Å²) in [4.78, 5) is 11.2. The molecule has 0 atom stereocenters. The first-order valence-corrected chi connectivity index (χ1v) is 24.5. The molecule has 0 amide bonds. The number of hydrogen-bond acceptors (Lipinski definition) is 2. The number of fused-ring (bicyclic) bond motifs is 9. The van der Waals surface area contributed by atoms with Crippen molar-refractivity contribution in [3.63, 3.8) is 0 Å². The molecule has 312 valence electrons. The second-order valence-electron chi connectivity index (χ2n) is 16.7. The van der Waals surface area contributed by atoms with E-state index < -0.39 is 21.2 Å². The Bertz CT molecular complexity index is 3900. The van der Waals surface area contributed by atoms with Gasteiger partial charge in [0.15, 0.2) is 0 Å². The number of benzene rings is 9. The average Bonchev–Trinajstić information content (AvgIpc) is 3.95. The number of aromatic nitrogens is 3. The molecule has 6 heteroatoms. The fraction of sp³-hybridized carbons (Fsp3) is 0. The second-order valence-corrected chi connectivity index (χ2v) is 18.9. The van der Waals surface area contributed by atoms with Gasteiger partial charge in [-0.2, -0.15) is 0 Å². The molecule has 3 aromatic heterocycles. The third-order valence-corrected chi connectivity index (χ3v) is 15.2. The number of amidine groups is 1. The van der Waals surface area contributed by atoms with Crippen molar-refractivity contribution in [3.05, 3.63) is 245 Å². The van der Waals surface area contributed by atoms with Crippen molar-refractivity contribution in [2.24, 2.45) is 9.98 Å². The van der Waals surface area contributed by atoms with Crippen LogP contribution in [-0.2, 0) is 0 Å². The van der Waals surface area contributed by atoms with Gasteiger partial charge in [0.1, 0.15) is 0 Å². The van der Waals surface area contributed by atoms with E-state index in [1.165, 1.54) is 43.4 Å². The summed E-state index contributed by atoms with van der Waals surface area (Å²) in [5.41, 5.74) is 15.3. The molecule has 13 rings (SSSR count). The Kier molecular flexibility index (Phi) is 9.06. The Balaban J connectivity index is 1.00. The van der Waals surface area contributed by atoms with Gasteiger partial charge in [0.2, 0.25) is 0 Å². The number of para-hydroxylation sites is 6. The van der Waals surface area contributed by atoms with Crippen LogP contribution in [0.3, 0.4) is 0 Å². The first-order valence-electron chi connectivity index (χ1n) is 22.1. The zero-order valence-corrected chi connectivity index (χ0v) is 37.8. The Morgan fingerprint density at radius 1 is 0.364 bits per heavy atom. The summed E-state index contributed by atoms with van der Waals surface area (Å²) in [6, 6.07) is 76.3. The van der Waals surface area contributed by atoms with Gasteiger partial charge in [-0.3, -0.25) is 0 Å². The summed E-state index contributed by atoms with van der Waals surface area (Å²) >= 11 is -0.791. The van der Waals surface area contributed by atoms with Gasteiger partial charge in [-0.05, 0) is 0 Å². The van der Waals surface area contributed by atoms with Crippen LogP contribution in [0.25, 0.3) is 94.3 Å². The molecule has 0 unspecified atom stereocenters. The minimum absolute atomic E-state index is 0.681. The molecule has 4 heterocycles. The Morgan fingerprint density at radius 2 is 0.758 bits per heavy atom. The summed E-state index contributed by atoms with van der Waals surface area (Å²) in [5, 5.41) is 7.38. The summed E-state index contributed by atoms with van der Waals surface area (Å²) in [6.07, 6.45) is 1.95. The molecule has 0 bridgehead atoms. The maximum atomic E-state index is 5.62. The van der Waals surface area contributed by atoms with Crippen LogP contribution in [0.5, 0.6) is 0 Å². The number of halogens is 1. The van der Waals surface area contributed by atoms with E-state index in [1.54, 1.807) is 0 Å². The topological polar surface area (TPSA) is 39.5 Å². The fourth-order valence-corrected chi connectivity index (χ4v) is 12.1. The number of rotatable bonds is 7. The predicted molar refractivity (Wildman–Crippen MR) is 273 cm³/mol. The number of hydrogen-bond donors (Lipinski definition) is 0. The van der Waals surface area contributed by atoms with E-state index in [9.17, 15) is 0 Å². The maximum absolute atomic E-state index is 5.62. The van der Waals surface area contributed by atoms with Crippen LogP contribution in [-0.4, -0.2) is 23.3 Å². The van der Waals surface area contributed by atoms with Gasteiger partial charge in [0.25, 0.3) is 0 Å². The number of aliphatic imine (C=N–C) groups is 2. The minimum atomic E-state index is -0.791. The van der Waals surface area contributed by atoms with Crippen LogP contribution in [0.15, 0.2) is 233 Å². The molecule has 0 fully saturated rings. The van der Waals surface area contributed by atoms with E-state index in [-0.39, 0.29) is 0 Å². The predicted octanol–water partition coefficient (Wildman–Crippen LogP) is 11.9. The zero-order chi connectivity index (χ0) is 43.7. The molecule has 0 saturated heterocycles. The molecular weight excluding hydrogens is 918 g/mol. The zero-order valence-electron chi connectivity index (χ0n) is 35.7. The molecule has 66 heavy (non-hydrogen) atoms. The monoisotopic (exact) mass is 956 g/mol. The summed E-state index contributed by atoms with van der Waals surface area (Å²) in [6.45, 7) is 4.26. The van der Waals surface area contributed by atoms with Crippen molar-refractivity contribution >= 4 is 86.7 Å². The van der Waals surface area contributed by atoms with E-state index in [4.69, 9.17) is 9.98 Å². The van der Waals surface area contributed by atoms with Gasteiger partial charge in [0, 0.05) is 0 Å². The Hall–Kier alpha value is -8.07. The van der Waals surface area contributed by atoms with Crippen molar-refractivity contribution in [1.29, 1.82) is 0 Å². The molecule has 9 aromatic carbocycles. The van der Waals surface area contributed by atoms with Crippen LogP contribution in [0.2, 0.25) is 0 Å². The van der Waals surface area contributed by atoms with Gasteiger partial charge >= 0.3 is 394 Å². The molecule has 5 nitrogen and oxygen atoms in total. The van der Waals surface area contributed by atoms with Crippen molar-refractivity contribution in [2.45, 2.75) is 0 Å². The SMILES string of the molecule is C=Cc1cc(C2=NC(c3cccc(-n4c5ccccc5c5ccccc54)c3)=NC(c3cccc(-n4c5ccccc5c5ccccc54)c3)=C[I-]2)cc(-n2c3ccccc3c3ccccc32)c1. The van der Waals surface area contributed by atoms with Gasteiger partial charge in [-0.15, -0.1) is 0 Å². The van der Waals surface area contributed by atoms with Crippen LogP contribution >= 0.6 is 0 Å². The normalized spacial score (nSPS) is 13.2. The molecule has 12 aromatic rings. The first-order chi connectivity index (χ1) is 32.7. The summed E-state index contributed by atoms with van der Waals surface area (Å²) in [7, 11) is 0. The van der Waals surface area contributed by atoms with Crippen molar-refractivity contribution < 1.29 is 21.2 Å². The molecule has 1 aliphatic rings. The van der Waals surface area contributed by atoms with Crippen molar-refractivity contribution in [3.8, 4) is 17.1 Å². The first kappa shape index (κ1) is 38.4. The van der Waals surface area contributed by atoms with Crippen LogP contribution in [0.4, 0.5) is 0 Å². The molecule has 1 aliphatic heterocycles. The molecule has 0 N–H and O–H groups in total. The van der Waals surface area contributed by atoms with Crippen molar-refractivity contribution in [1.82, 2.24) is 13.7 Å². The van der Waals surface area contributed by atoms with E-state index in [2.05, 4.69) is 237 Å². The molecule has 0 spiro atoms. The van der Waals surface area contributed by atoms with Crippen LogP contribution < -0.4 is 21.2 Å². The standard InChI is InChI=1S/C60H39IN5/c1-2-39-33-42(37-45(34-39)66-57-31-13-7-25-50(57)51-26-8-14-32-58(51)66)59-61-38-52(40-17-15-19-43(35-40)64-53-27-9-3-21-46(53)47-22-4-10-28-54(47)64)62-60(63-59)41-18-16-20-44(36-41)65-55-29-11-5-23-48(55)49-24-6-12-30-56(49)65/h2-38H,1H2/q-1. The fourth-order valence-electron chi connectivity index (χ4n) is 9.96. The quantitative estimate of drug-likeness (QED) is 0.143. The van der Waals surface area contributed by atoms with Crippen LogP contribution in [0.1, 0.15) is 22.3 Å². The van der Waals surface area contributed by atoms with Gasteiger partial charge in [-0.25, -0.2) is 0 Å². The summed E-state index contributed by atoms with van der Waals surface area (Å²) < 4.78 is 10.5. The van der Waals surface area contributed by atoms with E-state index >= 15 is 0 Å². The van der Waals surface area contributed by atoms with Gasteiger partial charge < -0.3 is 0 Å². The molecule has 0 radical (unpaired) electrons. The Labute approximate surface area is 391 Å². The van der Waals surface area contributed by atoms with Crippen molar-refractivity contribution in [2.75, 3.05) is 0 Å². The number of nitrogens with zero attached hydrogens (tertiary/aromatic N) is 5. The molecule has 0 saturated carbocycles. The van der Waals surface area contributed by atoms with E-state index in [0.717, 1.165) is 70.8 Å². The summed E-state index contributed by atoms with van der Waals surface area (Å²) in [5.74, 6) is 0.681. The average molecular weight is 957 g/mol. The van der Waals surface area contributed by atoms with Gasteiger partial charge in [0.05, 0.1) is 0 Å². The second kappa shape index (κ2) is 15.6. The molecule has 0 aliphatic carbocycles. The van der Waals surface area contributed by atoms with Gasteiger partial charge in [-0.1, -0.05) is 0 Å². The van der Waals surface area contributed by atoms with E-state index in [0.29, 0.717) is 5.84 Å². The molecular formula is C60H39IN5-.